The number of aromatic nitrogens is 4. The molecule has 0 atom stereocenters. The number of hydrogen-bond donors (Lipinski definition) is 2. The number of amides is 1. The van der Waals surface area contributed by atoms with Crippen LogP contribution in [0.25, 0.3) is 0 Å². The number of carbonyl (C=O) groups is 1. The number of hydrogen-bond acceptors (Lipinski definition) is 6. The molecule has 1 aromatic heterocycles. The number of rotatable bonds is 3. The fourth-order valence-corrected chi connectivity index (χ4v) is 1.95. The Kier molecular flexibility index (Phi) is 3.51. The molecular weight excluding hydrogens is 320 g/mol. The number of nitrogens with one attached hydrogen (secondary N) is 2. The third-order valence-electron chi connectivity index (χ3n) is 2.28. The lowest BCUT2D eigenvalue weighted by molar-refractivity contribution is -0.385. The average Bonchev–Trinajstić information content (AvgIpc) is 2.85. The fourth-order valence-electron chi connectivity index (χ4n) is 1.39. The van der Waals surface area contributed by atoms with Gasteiger partial charge in [-0.3, -0.25) is 14.9 Å². The van der Waals surface area contributed by atoms with Crippen molar-refractivity contribution in [2.75, 3.05) is 5.32 Å². The summed E-state index contributed by atoms with van der Waals surface area (Å²) in [7, 11) is 0. The van der Waals surface area contributed by atoms with E-state index in [1.807, 2.05) is 0 Å². The Balaban J connectivity index is 2.32. The van der Waals surface area contributed by atoms with Gasteiger partial charge in [-0.15, -0.1) is 10.2 Å². The Hall–Kier alpha value is -2.36. The van der Waals surface area contributed by atoms with E-state index in [4.69, 9.17) is 0 Å². The van der Waals surface area contributed by atoms with E-state index >= 15 is 0 Å². The fraction of sp³-hybridized carbons (Fsp3) is 0.111. The van der Waals surface area contributed by atoms with Crippen LogP contribution >= 0.6 is 15.9 Å². The molecule has 0 spiro atoms. The molecule has 0 aliphatic heterocycles. The number of benzene rings is 1. The minimum atomic E-state index is -0.618. The molecule has 0 unspecified atom stereocenters. The van der Waals surface area contributed by atoms with E-state index < -0.39 is 10.8 Å². The molecule has 2 N–H and O–H groups in total. The number of nitro groups is 1. The van der Waals surface area contributed by atoms with Gasteiger partial charge < -0.3 is 5.32 Å². The molecule has 19 heavy (non-hydrogen) atoms. The van der Waals surface area contributed by atoms with Crippen LogP contribution in [0.3, 0.4) is 0 Å². The van der Waals surface area contributed by atoms with Gasteiger partial charge in [0.05, 0.1) is 10.6 Å². The number of nitro benzene ring substituents is 1. The van der Waals surface area contributed by atoms with Crippen LogP contribution in [0.2, 0.25) is 0 Å². The van der Waals surface area contributed by atoms with Crippen LogP contribution in [-0.4, -0.2) is 31.5 Å². The summed E-state index contributed by atoms with van der Waals surface area (Å²) in [6.45, 7) is 1.60. The van der Waals surface area contributed by atoms with E-state index in [0.717, 1.165) is 0 Å². The van der Waals surface area contributed by atoms with Gasteiger partial charge in [-0.05, 0) is 34.1 Å². The second-order valence-corrected chi connectivity index (χ2v) is 4.42. The number of halogens is 1. The van der Waals surface area contributed by atoms with Gasteiger partial charge in [-0.25, -0.2) is 0 Å². The molecule has 0 saturated carbocycles. The number of tetrazole rings is 1. The monoisotopic (exact) mass is 326 g/mol. The zero-order valence-electron chi connectivity index (χ0n) is 9.55. The highest BCUT2D eigenvalue weighted by atomic mass is 79.9. The Morgan fingerprint density at radius 2 is 2.26 bits per heavy atom. The smallest absolute Gasteiger partial charge is 0.297 e. The Morgan fingerprint density at radius 1 is 1.53 bits per heavy atom. The highest BCUT2D eigenvalue weighted by Crippen LogP contribution is 2.30. The summed E-state index contributed by atoms with van der Waals surface area (Å²) in [4.78, 5) is 22.0. The van der Waals surface area contributed by atoms with Gasteiger partial charge in [-0.2, -0.15) is 5.21 Å². The maximum Gasteiger partial charge on any atom is 0.297 e. The summed E-state index contributed by atoms with van der Waals surface area (Å²) in [5.41, 5.74) is 0.646. The highest BCUT2D eigenvalue weighted by molar-refractivity contribution is 9.10. The van der Waals surface area contributed by atoms with Crippen molar-refractivity contribution >= 4 is 33.2 Å². The highest BCUT2D eigenvalue weighted by Gasteiger charge is 2.18. The van der Waals surface area contributed by atoms with E-state index in [9.17, 15) is 14.9 Å². The number of aryl methyl sites for hydroxylation is 1. The van der Waals surface area contributed by atoms with Gasteiger partial charge >= 0.3 is 0 Å². The Bertz CT molecular complexity index is 642. The Morgan fingerprint density at radius 3 is 2.84 bits per heavy atom. The zero-order chi connectivity index (χ0) is 14.0. The number of anilines is 1. The van der Waals surface area contributed by atoms with Crippen LogP contribution in [0.1, 0.15) is 16.2 Å². The lowest BCUT2D eigenvalue weighted by Crippen LogP contribution is -2.14. The van der Waals surface area contributed by atoms with Crippen LogP contribution in [0.4, 0.5) is 11.4 Å². The van der Waals surface area contributed by atoms with Crippen LogP contribution in [0, 0.1) is 17.0 Å². The minimum Gasteiger partial charge on any atom is -0.318 e. The molecule has 9 nitrogen and oxygen atoms in total. The van der Waals surface area contributed by atoms with Crippen LogP contribution < -0.4 is 5.32 Å². The van der Waals surface area contributed by atoms with Crippen LogP contribution in [-0.2, 0) is 0 Å². The number of H-pyrrole nitrogens is 1. The SMILES string of the molecule is Cc1cc(Br)c(NC(=O)c2nn[nH]n2)cc1[N+](=O)[O-]. The largest absolute Gasteiger partial charge is 0.318 e. The molecule has 0 fully saturated rings. The second kappa shape index (κ2) is 5.10. The summed E-state index contributed by atoms with van der Waals surface area (Å²) in [5.74, 6) is -0.775. The van der Waals surface area contributed by atoms with Gasteiger partial charge in [0.2, 0.25) is 0 Å². The third kappa shape index (κ3) is 2.73. The van der Waals surface area contributed by atoms with Crippen molar-refractivity contribution in [1.82, 2.24) is 20.6 Å². The average molecular weight is 327 g/mol. The summed E-state index contributed by atoms with van der Waals surface area (Å²) in [5, 5.41) is 25.7. The van der Waals surface area contributed by atoms with E-state index in [1.165, 1.54) is 6.07 Å². The normalized spacial score (nSPS) is 10.2. The first-order valence-corrected chi connectivity index (χ1v) is 5.77. The van der Waals surface area contributed by atoms with Crippen molar-refractivity contribution in [3.63, 3.8) is 0 Å². The van der Waals surface area contributed by atoms with E-state index in [0.29, 0.717) is 10.0 Å². The summed E-state index contributed by atoms with van der Waals surface area (Å²) >= 11 is 3.22. The topological polar surface area (TPSA) is 127 Å². The molecule has 1 heterocycles. The molecule has 1 aromatic carbocycles. The minimum absolute atomic E-state index is 0.0911. The van der Waals surface area contributed by atoms with Crippen LogP contribution in [0.5, 0.6) is 0 Å². The van der Waals surface area contributed by atoms with Crippen molar-refractivity contribution in [1.29, 1.82) is 0 Å². The van der Waals surface area contributed by atoms with Crippen molar-refractivity contribution in [3.8, 4) is 0 Å². The molecule has 0 saturated heterocycles. The second-order valence-electron chi connectivity index (χ2n) is 3.57. The van der Waals surface area contributed by atoms with Crippen LogP contribution in [0.15, 0.2) is 16.6 Å². The zero-order valence-corrected chi connectivity index (χ0v) is 11.1. The number of carbonyl (C=O) groups excluding carboxylic acids is 1. The van der Waals surface area contributed by atoms with Gasteiger partial charge in [0, 0.05) is 16.1 Å². The molecule has 98 valence electrons. The Labute approximate surface area is 114 Å². The quantitative estimate of drug-likeness (QED) is 0.648. The van der Waals surface area contributed by atoms with Crippen molar-refractivity contribution in [2.45, 2.75) is 6.92 Å². The molecule has 2 aromatic rings. The first-order chi connectivity index (χ1) is 8.99. The summed E-state index contributed by atoms with van der Waals surface area (Å²) in [6.07, 6.45) is 0. The van der Waals surface area contributed by atoms with E-state index in [2.05, 4.69) is 41.9 Å². The molecule has 2 rings (SSSR count). The molecule has 0 bridgehead atoms. The van der Waals surface area contributed by atoms with E-state index in [-0.39, 0.29) is 17.2 Å². The maximum absolute atomic E-state index is 11.7. The summed E-state index contributed by atoms with van der Waals surface area (Å²) in [6, 6.07) is 2.81. The molecule has 10 heteroatoms. The van der Waals surface area contributed by atoms with Crippen molar-refractivity contribution in [2.24, 2.45) is 0 Å². The number of nitrogens with zero attached hydrogens (tertiary/aromatic N) is 4. The van der Waals surface area contributed by atoms with Gasteiger partial charge in [0.1, 0.15) is 0 Å². The molecule has 0 radical (unpaired) electrons. The molecular formula is C9H7BrN6O3. The lowest BCUT2D eigenvalue weighted by Gasteiger charge is -2.06. The van der Waals surface area contributed by atoms with E-state index in [1.54, 1.807) is 13.0 Å². The maximum atomic E-state index is 11.7. The molecule has 0 aliphatic carbocycles. The standard InChI is InChI=1S/C9H7BrN6O3/c1-4-2-5(10)6(3-7(4)16(18)19)11-9(17)8-12-14-15-13-8/h2-3H,1H3,(H,11,17)(H,12,13,14,15). The predicted octanol–water partition coefficient (Wildman–Crippen LogP) is 1.43. The molecule has 0 aliphatic rings. The predicted molar refractivity (Wildman–Crippen MR) is 67.7 cm³/mol. The first-order valence-electron chi connectivity index (χ1n) is 4.98. The summed E-state index contributed by atoms with van der Waals surface area (Å²) < 4.78 is 0.521. The van der Waals surface area contributed by atoms with Gasteiger partial charge in [0.15, 0.2) is 0 Å². The number of aromatic amines is 1. The van der Waals surface area contributed by atoms with Crippen molar-refractivity contribution < 1.29 is 9.72 Å². The lowest BCUT2D eigenvalue weighted by atomic mass is 10.2. The van der Waals surface area contributed by atoms with Gasteiger partial charge in [-0.1, -0.05) is 0 Å². The third-order valence-corrected chi connectivity index (χ3v) is 2.94. The first kappa shape index (κ1) is 13.1. The van der Waals surface area contributed by atoms with Crippen molar-refractivity contribution in [3.05, 3.63) is 38.1 Å². The van der Waals surface area contributed by atoms with Gasteiger partial charge in [0.25, 0.3) is 17.4 Å². The molecule has 1 amide bonds.